The number of hydrogen-bond acceptors (Lipinski definition) is 3. The van der Waals surface area contributed by atoms with Crippen LogP contribution in [0.3, 0.4) is 0 Å². The highest BCUT2D eigenvalue weighted by molar-refractivity contribution is 7.83. The molecule has 0 aliphatic rings. The first kappa shape index (κ1) is 13.4. The molecule has 0 spiro atoms. The van der Waals surface area contributed by atoms with Crippen molar-refractivity contribution in [2.45, 2.75) is 0 Å². The van der Waals surface area contributed by atoms with Gasteiger partial charge in [0.1, 0.15) is 0 Å². The van der Waals surface area contributed by atoms with E-state index in [-0.39, 0.29) is 0 Å². The Kier molecular flexibility index (Phi) is 6.02. The highest BCUT2D eigenvalue weighted by Crippen LogP contribution is 1.79. The van der Waals surface area contributed by atoms with Crippen LogP contribution in [-0.2, 0) is 10.3 Å². The number of nitrogens with one attached hydrogen (secondary N) is 2. The first-order valence-electron chi connectivity index (χ1n) is 3.71. The predicted octanol–water partition coefficient (Wildman–Crippen LogP) is -0.351. The second-order valence-electron chi connectivity index (χ2n) is 2.22. The molecule has 7 nitrogen and oxygen atoms in total. The summed E-state index contributed by atoms with van der Waals surface area (Å²) in [5.74, 6) is 0. The molecule has 0 aromatic heterocycles. The molecule has 0 saturated carbocycles. The van der Waals surface area contributed by atoms with E-state index in [4.69, 9.17) is 4.55 Å². The molecule has 0 unspecified atom stereocenters. The van der Waals surface area contributed by atoms with E-state index in [1.54, 1.807) is 0 Å². The quantitative estimate of drug-likeness (QED) is 0.412. The van der Waals surface area contributed by atoms with Crippen LogP contribution in [0.4, 0.5) is 4.79 Å². The highest BCUT2D eigenvalue weighted by atomic mass is 32.2. The third kappa shape index (κ3) is 12.4. The van der Waals surface area contributed by atoms with E-state index in [1.807, 2.05) is 36.4 Å². The van der Waals surface area contributed by atoms with Gasteiger partial charge in [-0.25, -0.2) is 4.79 Å². The summed E-state index contributed by atoms with van der Waals surface area (Å²) < 4.78 is 27.3. The molecule has 84 valence electrons. The molecule has 0 aliphatic heterocycles. The lowest BCUT2D eigenvalue weighted by molar-refractivity contribution is 0.247. The van der Waals surface area contributed by atoms with Gasteiger partial charge in [-0.1, -0.05) is 36.4 Å². The molecule has 0 radical (unpaired) electrons. The van der Waals surface area contributed by atoms with Crippen molar-refractivity contribution in [1.29, 1.82) is 0 Å². The van der Waals surface area contributed by atoms with Crippen LogP contribution in [0.1, 0.15) is 0 Å². The summed E-state index contributed by atoms with van der Waals surface area (Å²) >= 11 is 0. The van der Waals surface area contributed by atoms with Crippen LogP contribution in [0.2, 0.25) is 0 Å². The first-order chi connectivity index (χ1) is 6.92. The minimum Gasteiger partial charge on any atom is -0.351 e. The Bertz CT molecular complexity index is 352. The van der Waals surface area contributed by atoms with Gasteiger partial charge in [0.05, 0.1) is 0 Å². The van der Waals surface area contributed by atoms with Crippen molar-refractivity contribution in [1.82, 2.24) is 10.3 Å². The molecule has 0 aliphatic carbocycles. The second-order valence-corrected chi connectivity index (χ2v) is 3.38. The van der Waals surface area contributed by atoms with Crippen molar-refractivity contribution in [2.24, 2.45) is 5.73 Å². The van der Waals surface area contributed by atoms with E-state index < -0.39 is 16.3 Å². The van der Waals surface area contributed by atoms with Crippen LogP contribution in [-0.4, -0.2) is 19.0 Å². The highest BCUT2D eigenvalue weighted by Gasteiger charge is 2.01. The van der Waals surface area contributed by atoms with Gasteiger partial charge in [0.25, 0.3) is 0 Å². The molecule has 5 N–H and O–H groups in total. The maximum Gasteiger partial charge on any atom is 0.350 e. The molecule has 0 bridgehead atoms. The molecule has 2 amide bonds. The minimum absolute atomic E-state index is 1.10. The smallest absolute Gasteiger partial charge is 0.350 e. The van der Waals surface area contributed by atoms with Crippen molar-refractivity contribution in [3.05, 3.63) is 36.4 Å². The Labute approximate surface area is 87.1 Å². The van der Waals surface area contributed by atoms with Crippen molar-refractivity contribution < 1.29 is 17.8 Å². The van der Waals surface area contributed by atoms with Crippen LogP contribution >= 0.6 is 0 Å². The average molecular weight is 233 g/mol. The number of nitrogens with two attached hydrogens (primary N) is 1. The molecule has 1 rings (SSSR count). The predicted molar refractivity (Wildman–Crippen MR) is 53.8 cm³/mol. The van der Waals surface area contributed by atoms with Crippen molar-refractivity contribution in [3.63, 3.8) is 0 Å². The number of carbonyl (C=O) groups excluding carboxylic acids is 1. The van der Waals surface area contributed by atoms with Crippen LogP contribution in [0, 0.1) is 0 Å². The van der Waals surface area contributed by atoms with Gasteiger partial charge in [-0.15, -0.1) is 4.83 Å². The summed E-state index contributed by atoms with van der Waals surface area (Å²) in [4.78, 5) is 10.9. The van der Waals surface area contributed by atoms with E-state index in [0.29, 0.717) is 0 Å². The van der Waals surface area contributed by atoms with Gasteiger partial charge in [0, 0.05) is 0 Å². The number of hydrogen-bond donors (Lipinski definition) is 4. The molecule has 0 heterocycles. The molecule has 1 aromatic rings. The largest absolute Gasteiger partial charge is 0.351 e. The Morgan fingerprint density at radius 2 is 1.40 bits per heavy atom. The zero-order valence-corrected chi connectivity index (χ0v) is 8.44. The van der Waals surface area contributed by atoms with E-state index in [2.05, 4.69) is 5.73 Å². The average Bonchev–Trinajstić information content (AvgIpc) is 2.18. The number of carbonyl (C=O) groups is 1. The zero-order chi connectivity index (χ0) is 11.7. The van der Waals surface area contributed by atoms with Crippen molar-refractivity contribution in [3.8, 4) is 0 Å². The van der Waals surface area contributed by atoms with Crippen molar-refractivity contribution >= 4 is 16.3 Å². The number of rotatable bonds is 2. The number of benzene rings is 1. The van der Waals surface area contributed by atoms with Crippen LogP contribution < -0.4 is 16.0 Å². The van der Waals surface area contributed by atoms with Gasteiger partial charge in [-0.3, -0.25) is 9.98 Å². The minimum atomic E-state index is -4.38. The maximum atomic E-state index is 9.72. The molecular weight excluding hydrogens is 222 g/mol. The van der Waals surface area contributed by atoms with Gasteiger partial charge in [0.2, 0.25) is 0 Å². The molecule has 1 aromatic carbocycles. The summed E-state index contributed by atoms with van der Waals surface area (Å²) in [6.07, 6.45) is 0. The van der Waals surface area contributed by atoms with Gasteiger partial charge in [-0.2, -0.15) is 8.42 Å². The van der Waals surface area contributed by atoms with Gasteiger partial charge >= 0.3 is 16.3 Å². The van der Waals surface area contributed by atoms with Gasteiger partial charge in [-0.05, 0) is 0 Å². The molecule has 0 fully saturated rings. The van der Waals surface area contributed by atoms with E-state index in [0.717, 1.165) is 0 Å². The maximum absolute atomic E-state index is 9.72. The van der Waals surface area contributed by atoms with Crippen molar-refractivity contribution in [2.75, 3.05) is 0 Å². The number of amides is 2. The fourth-order valence-electron chi connectivity index (χ4n) is 0.500. The zero-order valence-electron chi connectivity index (χ0n) is 7.62. The summed E-state index contributed by atoms with van der Waals surface area (Å²) in [6.45, 7) is 0. The second kappa shape index (κ2) is 6.76. The summed E-state index contributed by atoms with van der Waals surface area (Å²) in [6, 6.07) is 10.9. The lowest BCUT2D eigenvalue weighted by Crippen LogP contribution is -2.44. The molecule has 0 saturated heterocycles. The van der Waals surface area contributed by atoms with Gasteiger partial charge in [0.15, 0.2) is 0 Å². The van der Waals surface area contributed by atoms with Crippen LogP contribution in [0.25, 0.3) is 0 Å². The summed E-state index contributed by atoms with van der Waals surface area (Å²) in [5, 5.41) is 0. The molecule has 0 atom stereocenters. The van der Waals surface area contributed by atoms with Crippen LogP contribution in [0.5, 0.6) is 0 Å². The third-order valence-corrected chi connectivity index (χ3v) is 1.33. The Hall–Kier alpha value is -1.64. The fraction of sp³-hybridized carbons (Fsp3) is 0. The topological polar surface area (TPSA) is 122 Å². The Balaban J connectivity index is 0.000000280. The van der Waals surface area contributed by atoms with Gasteiger partial charge < -0.3 is 5.73 Å². The lowest BCUT2D eigenvalue weighted by atomic mass is 10.4. The third-order valence-electron chi connectivity index (χ3n) is 0.970. The monoisotopic (exact) mass is 233 g/mol. The van der Waals surface area contributed by atoms with E-state index in [1.165, 1.54) is 10.3 Å². The Morgan fingerprint density at radius 3 is 1.53 bits per heavy atom. The number of hydrazine groups is 1. The summed E-state index contributed by atoms with van der Waals surface area (Å²) in [7, 11) is -4.38. The number of urea groups is 1. The van der Waals surface area contributed by atoms with Crippen LogP contribution in [0.15, 0.2) is 36.4 Å². The van der Waals surface area contributed by atoms with E-state index >= 15 is 0 Å². The normalized spacial score (nSPS) is 9.67. The fourth-order valence-corrected chi connectivity index (χ4v) is 0.729. The number of primary amides is 1. The SMILES string of the molecule is NC(=O)NNS(=O)(=O)O.c1ccccc1. The molecule has 8 heteroatoms. The van der Waals surface area contributed by atoms with E-state index in [9.17, 15) is 13.2 Å². The first-order valence-corrected chi connectivity index (χ1v) is 5.15. The Morgan fingerprint density at radius 1 is 1.07 bits per heavy atom. The molecular formula is C7H11N3O4S. The standard InChI is InChI=1S/C6H6.CH5N3O4S/c1-2-4-6-5-3-1;2-1(5)3-4-9(6,7)8/h1-6H;4H,(H3,2,3,5)(H,6,7,8). The lowest BCUT2D eigenvalue weighted by Gasteiger charge is -1.97. The molecule has 15 heavy (non-hydrogen) atoms. The summed E-state index contributed by atoms with van der Waals surface area (Å²) in [5.41, 5.74) is 5.85.